The van der Waals surface area contributed by atoms with Crippen LogP contribution in [0.15, 0.2) is 29.2 Å². The van der Waals surface area contributed by atoms with Gasteiger partial charge in [-0.2, -0.15) is 4.72 Å². The van der Waals surface area contributed by atoms with Crippen molar-refractivity contribution in [1.82, 2.24) is 9.62 Å². The Hall–Kier alpha value is -1.11. The Morgan fingerprint density at radius 2 is 2.05 bits per heavy atom. The van der Waals surface area contributed by atoms with Crippen molar-refractivity contribution in [2.24, 2.45) is 0 Å². The lowest BCUT2D eigenvalue weighted by molar-refractivity contribution is -0.135. The van der Waals surface area contributed by atoms with Gasteiger partial charge in [0.25, 0.3) is 0 Å². The number of likely N-dealkylation sites (tertiary alicyclic amines) is 1. The number of carbonyl (C=O) groups is 1. The molecule has 1 aromatic rings. The van der Waals surface area contributed by atoms with Crippen LogP contribution in [-0.2, 0) is 14.8 Å². The second-order valence-electron chi connectivity index (χ2n) is 5.65. The molecule has 1 aromatic carbocycles. The summed E-state index contributed by atoms with van der Waals surface area (Å²) >= 11 is 5.93. The fourth-order valence-corrected chi connectivity index (χ4v) is 4.40. The monoisotopic (exact) mass is 344 g/mol. The number of benzene rings is 1. The highest BCUT2D eigenvalue weighted by atomic mass is 35.5. The van der Waals surface area contributed by atoms with Gasteiger partial charge in [0.15, 0.2) is 0 Å². The summed E-state index contributed by atoms with van der Waals surface area (Å²) in [6.45, 7) is 4.24. The molecule has 1 aliphatic rings. The van der Waals surface area contributed by atoms with Crippen molar-refractivity contribution in [3.05, 3.63) is 29.3 Å². The van der Waals surface area contributed by atoms with Crippen LogP contribution < -0.4 is 4.72 Å². The van der Waals surface area contributed by atoms with E-state index >= 15 is 0 Å². The lowest BCUT2D eigenvalue weighted by atomic mass is 10.0. The van der Waals surface area contributed by atoms with Gasteiger partial charge in [0.05, 0.1) is 11.1 Å². The Kier molecular flexibility index (Phi) is 5.47. The predicted molar refractivity (Wildman–Crippen MR) is 86.3 cm³/mol. The first kappa shape index (κ1) is 17.2. The molecule has 0 radical (unpaired) electrons. The first-order chi connectivity index (χ1) is 10.3. The molecule has 0 aromatic heterocycles. The minimum absolute atomic E-state index is 0.0111. The number of halogens is 1. The van der Waals surface area contributed by atoms with E-state index in [1.165, 1.54) is 12.1 Å². The normalized spacial score (nSPS) is 20.7. The topological polar surface area (TPSA) is 66.5 Å². The quantitative estimate of drug-likeness (QED) is 0.912. The lowest BCUT2D eigenvalue weighted by Crippen LogP contribution is -2.51. The van der Waals surface area contributed by atoms with Crippen LogP contribution in [0.4, 0.5) is 0 Å². The third-order valence-corrected chi connectivity index (χ3v) is 5.96. The highest BCUT2D eigenvalue weighted by molar-refractivity contribution is 7.89. The molecule has 1 amide bonds. The number of piperidine rings is 1. The number of sulfonamides is 1. The van der Waals surface area contributed by atoms with Gasteiger partial charge in [-0.05, 0) is 45.2 Å². The van der Waals surface area contributed by atoms with Gasteiger partial charge in [-0.25, -0.2) is 8.42 Å². The molecular formula is C15H21ClN2O3S. The molecule has 122 valence electrons. The molecule has 0 bridgehead atoms. The Morgan fingerprint density at radius 3 is 2.68 bits per heavy atom. The largest absolute Gasteiger partial charge is 0.339 e. The maximum Gasteiger partial charge on any atom is 0.242 e. The van der Waals surface area contributed by atoms with Gasteiger partial charge in [-0.1, -0.05) is 23.7 Å². The van der Waals surface area contributed by atoms with Gasteiger partial charge in [-0.3, -0.25) is 4.79 Å². The highest BCUT2D eigenvalue weighted by Gasteiger charge is 2.30. The SMILES string of the molecule is C[C@H](NS(=O)(=O)c1ccccc1Cl)C(=O)N1CCCC[C@@H]1C. The minimum atomic E-state index is -3.82. The van der Waals surface area contributed by atoms with E-state index in [1.54, 1.807) is 24.0 Å². The average molecular weight is 345 g/mol. The van der Waals surface area contributed by atoms with Crippen molar-refractivity contribution >= 4 is 27.5 Å². The zero-order chi connectivity index (χ0) is 16.3. The molecule has 0 unspecified atom stereocenters. The van der Waals surface area contributed by atoms with Crippen molar-refractivity contribution in [1.29, 1.82) is 0 Å². The van der Waals surface area contributed by atoms with Crippen molar-refractivity contribution in [2.75, 3.05) is 6.54 Å². The Bertz CT molecular complexity index is 648. The van der Waals surface area contributed by atoms with E-state index < -0.39 is 16.1 Å². The molecule has 2 atom stereocenters. The second-order valence-corrected chi connectivity index (χ2v) is 7.74. The van der Waals surface area contributed by atoms with Crippen LogP contribution in [-0.4, -0.2) is 37.9 Å². The fraction of sp³-hybridized carbons (Fsp3) is 0.533. The zero-order valence-electron chi connectivity index (χ0n) is 12.8. The molecule has 1 fully saturated rings. The molecule has 0 aliphatic carbocycles. The summed E-state index contributed by atoms with van der Waals surface area (Å²) < 4.78 is 27.2. The van der Waals surface area contributed by atoms with E-state index in [9.17, 15) is 13.2 Å². The number of hydrogen-bond donors (Lipinski definition) is 1. The van der Waals surface area contributed by atoms with Crippen molar-refractivity contribution < 1.29 is 13.2 Å². The molecule has 2 rings (SSSR count). The molecule has 1 heterocycles. The van der Waals surface area contributed by atoms with E-state index in [-0.39, 0.29) is 21.9 Å². The molecule has 22 heavy (non-hydrogen) atoms. The third kappa shape index (κ3) is 3.80. The molecule has 5 nitrogen and oxygen atoms in total. The van der Waals surface area contributed by atoms with Gasteiger partial charge in [-0.15, -0.1) is 0 Å². The Morgan fingerprint density at radius 1 is 1.36 bits per heavy atom. The fourth-order valence-electron chi connectivity index (χ4n) is 2.68. The average Bonchev–Trinajstić information content (AvgIpc) is 2.46. The van der Waals surface area contributed by atoms with E-state index in [1.807, 2.05) is 6.92 Å². The summed E-state index contributed by atoms with van der Waals surface area (Å²) in [5.74, 6) is -0.192. The number of rotatable bonds is 4. The Labute approximate surface area is 136 Å². The minimum Gasteiger partial charge on any atom is -0.339 e. The van der Waals surface area contributed by atoms with Crippen molar-refractivity contribution in [2.45, 2.75) is 50.1 Å². The van der Waals surface area contributed by atoms with Crippen LogP contribution in [0.2, 0.25) is 5.02 Å². The summed E-state index contributed by atoms with van der Waals surface area (Å²) in [6.07, 6.45) is 3.01. The van der Waals surface area contributed by atoms with Crippen LogP contribution in [0.25, 0.3) is 0 Å². The van der Waals surface area contributed by atoms with Gasteiger partial charge in [0.2, 0.25) is 15.9 Å². The zero-order valence-corrected chi connectivity index (χ0v) is 14.3. The maximum atomic E-state index is 12.5. The maximum absolute atomic E-state index is 12.5. The van der Waals surface area contributed by atoms with Crippen molar-refractivity contribution in [3.8, 4) is 0 Å². The summed E-state index contributed by atoms with van der Waals surface area (Å²) in [6, 6.07) is 5.52. The van der Waals surface area contributed by atoms with Crippen molar-refractivity contribution in [3.63, 3.8) is 0 Å². The number of nitrogens with zero attached hydrogens (tertiary/aromatic N) is 1. The van der Waals surface area contributed by atoms with Crippen LogP contribution >= 0.6 is 11.6 Å². The summed E-state index contributed by atoms with van der Waals surface area (Å²) in [5, 5.41) is 0.140. The summed E-state index contributed by atoms with van der Waals surface area (Å²) in [5.41, 5.74) is 0. The summed E-state index contributed by atoms with van der Waals surface area (Å²) in [7, 11) is -3.82. The third-order valence-electron chi connectivity index (χ3n) is 3.91. The number of amides is 1. The molecule has 7 heteroatoms. The number of hydrogen-bond acceptors (Lipinski definition) is 3. The van der Waals surface area contributed by atoms with Gasteiger partial charge in [0.1, 0.15) is 4.90 Å². The van der Waals surface area contributed by atoms with Gasteiger partial charge in [0, 0.05) is 12.6 Å². The van der Waals surface area contributed by atoms with Gasteiger partial charge >= 0.3 is 0 Å². The smallest absolute Gasteiger partial charge is 0.242 e. The van der Waals surface area contributed by atoms with E-state index in [0.29, 0.717) is 6.54 Å². The first-order valence-electron chi connectivity index (χ1n) is 7.40. The molecule has 1 aliphatic heterocycles. The standard InChI is InChI=1S/C15H21ClN2O3S/c1-11-7-5-6-10-18(11)15(19)12(2)17-22(20,21)14-9-4-3-8-13(14)16/h3-4,8-9,11-12,17H,5-7,10H2,1-2H3/t11-,12-/m0/s1. The highest BCUT2D eigenvalue weighted by Crippen LogP contribution is 2.21. The first-order valence-corrected chi connectivity index (χ1v) is 9.26. The van der Waals surface area contributed by atoms with E-state index in [4.69, 9.17) is 11.6 Å². The van der Waals surface area contributed by atoms with Gasteiger partial charge < -0.3 is 4.90 Å². The van der Waals surface area contributed by atoms with Crippen LogP contribution in [0.5, 0.6) is 0 Å². The molecular weight excluding hydrogens is 324 g/mol. The molecule has 1 saturated heterocycles. The number of carbonyl (C=O) groups excluding carboxylic acids is 1. The Balaban J connectivity index is 2.12. The van der Waals surface area contributed by atoms with E-state index in [2.05, 4.69) is 4.72 Å². The second kappa shape index (κ2) is 6.98. The molecule has 0 spiro atoms. The molecule has 0 saturated carbocycles. The number of nitrogens with one attached hydrogen (secondary N) is 1. The van der Waals surface area contributed by atoms with Crippen LogP contribution in [0.3, 0.4) is 0 Å². The lowest BCUT2D eigenvalue weighted by Gasteiger charge is -2.35. The predicted octanol–water partition coefficient (Wildman–Crippen LogP) is 2.41. The molecule has 1 N–H and O–H groups in total. The van der Waals surface area contributed by atoms with E-state index in [0.717, 1.165) is 19.3 Å². The van der Waals surface area contributed by atoms with Crippen LogP contribution in [0, 0.1) is 0 Å². The summed E-state index contributed by atoms with van der Waals surface area (Å²) in [4.78, 5) is 14.2. The van der Waals surface area contributed by atoms with Crippen LogP contribution in [0.1, 0.15) is 33.1 Å².